The number of hydrogen-bond donors (Lipinski definition) is 4. The highest BCUT2D eigenvalue weighted by molar-refractivity contribution is 5.87. The molecule has 14 nitrogen and oxygen atoms in total. The molecule has 0 bridgehead atoms. The average Bonchev–Trinajstić information content (AvgIpc) is 4.23. The molecule has 4 heterocycles. The van der Waals surface area contributed by atoms with Gasteiger partial charge in [-0.1, -0.05) is 95.1 Å². The van der Waals surface area contributed by atoms with Crippen LogP contribution in [0.4, 0.5) is 18.4 Å². The molecule has 3 fully saturated rings. The number of likely N-dealkylation sites (tertiary alicyclic amines) is 2. The standard InChI is InChI=1S/C53H62F2N8O6/c1-29(2)45(60-51(66)68-5)49(64)62-27-36(54)23-43(62)47-56-25-41(58-47)33-13-9-31(10-14-33)35-21-39(38-17-20-53(40(38)22-35)18-7-8-19-53)32-11-15-34(16-12-32)42-26-57-48(59-42)44-24-37(55)28-63(44)50(65)46(30(3)4)61-52(67)69-6/h9-16,21-22,25-26,29-30,36-37,43-46H,7-8,17-20,23-24,27-28H2,1-6H3,(H,56,58)(H,57,59)(H,60,66)(H,61,67)/t36-,37-,43-,44-,45-,46-/m0/s1. The summed E-state index contributed by atoms with van der Waals surface area (Å²) in [5.41, 5.74) is 10.9. The molecule has 4 N–H and O–H groups in total. The maximum absolute atomic E-state index is 15.0. The number of hydrogen-bond acceptors (Lipinski definition) is 8. The Balaban J connectivity index is 0.958. The van der Waals surface area contributed by atoms with Crippen molar-refractivity contribution in [3.63, 3.8) is 0 Å². The number of alkyl carbamates (subject to hydrolysis) is 2. The summed E-state index contributed by atoms with van der Waals surface area (Å²) in [7, 11) is 2.48. The molecule has 4 aliphatic rings. The van der Waals surface area contributed by atoms with E-state index in [-0.39, 0.29) is 55.0 Å². The van der Waals surface area contributed by atoms with Crippen LogP contribution in [0.1, 0.15) is 108 Å². The van der Waals surface area contributed by atoms with Gasteiger partial charge in [-0.15, -0.1) is 0 Å². The van der Waals surface area contributed by atoms with Crippen molar-refractivity contribution < 1.29 is 37.4 Å². The van der Waals surface area contributed by atoms with Crippen LogP contribution in [0.3, 0.4) is 0 Å². The van der Waals surface area contributed by atoms with Gasteiger partial charge >= 0.3 is 12.2 Å². The second-order valence-corrected chi connectivity index (χ2v) is 20.0. The minimum Gasteiger partial charge on any atom is -0.453 e. The van der Waals surface area contributed by atoms with Crippen molar-refractivity contribution in [3.05, 3.63) is 95.8 Å². The average molecular weight is 945 g/mol. The molecule has 2 saturated heterocycles. The van der Waals surface area contributed by atoms with Crippen LogP contribution in [-0.4, -0.2) is 105 Å². The lowest BCUT2D eigenvalue weighted by Crippen LogP contribution is -2.51. The van der Waals surface area contributed by atoms with Gasteiger partial charge in [0.05, 0.1) is 63.2 Å². The van der Waals surface area contributed by atoms with Crippen LogP contribution in [0.2, 0.25) is 0 Å². The lowest BCUT2D eigenvalue weighted by atomic mass is 9.78. The molecule has 69 heavy (non-hydrogen) atoms. The fourth-order valence-corrected chi connectivity index (χ4v) is 11.2. The number of benzene rings is 3. The first kappa shape index (κ1) is 47.5. The van der Waals surface area contributed by atoms with Crippen LogP contribution in [0, 0.1) is 11.8 Å². The van der Waals surface area contributed by atoms with E-state index >= 15 is 0 Å². The van der Waals surface area contributed by atoms with Crippen molar-refractivity contribution in [1.82, 2.24) is 40.4 Å². The van der Waals surface area contributed by atoms with Crippen LogP contribution < -0.4 is 10.6 Å². The number of aromatic amines is 2. The van der Waals surface area contributed by atoms with Crippen molar-refractivity contribution >= 4 is 24.0 Å². The normalized spacial score (nSPS) is 21.5. The van der Waals surface area contributed by atoms with Crippen LogP contribution in [0.5, 0.6) is 0 Å². The zero-order chi connectivity index (χ0) is 48.7. The summed E-state index contributed by atoms with van der Waals surface area (Å²) in [6.07, 6.45) is 6.71. The van der Waals surface area contributed by atoms with Gasteiger partial charge in [0.15, 0.2) is 0 Å². The molecule has 1 saturated carbocycles. The molecule has 2 aliphatic heterocycles. The summed E-state index contributed by atoms with van der Waals surface area (Å²) in [6, 6.07) is 18.5. The third kappa shape index (κ3) is 9.33. The first-order valence-corrected chi connectivity index (χ1v) is 24.2. The summed E-state index contributed by atoms with van der Waals surface area (Å²) < 4.78 is 39.5. The van der Waals surface area contributed by atoms with E-state index in [1.807, 2.05) is 27.7 Å². The Morgan fingerprint density at radius 1 is 0.652 bits per heavy atom. The molecular weight excluding hydrogens is 883 g/mol. The Bertz CT molecular complexity index is 2690. The molecule has 9 rings (SSSR count). The van der Waals surface area contributed by atoms with Crippen LogP contribution in [0.25, 0.3) is 44.8 Å². The smallest absolute Gasteiger partial charge is 0.407 e. The molecular formula is C53H62F2N8O6. The van der Waals surface area contributed by atoms with Gasteiger partial charge in [0.2, 0.25) is 11.8 Å². The van der Waals surface area contributed by atoms with Gasteiger partial charge in [-0.05, 0) is 93.5 Å². The lowest BCUT2D eigenvalue weighted by molar-refractivity contribution is -0.136. The Kier molecular flexibility index (Phi) is 13.4. The number of nitrogens with zero attached hydrogens (tertiary/aromatic N) is 4. The monoisotopic (exact) mass is 944 g/mol. The maximum Gasteiger partial charge on any atom is 0.407 e. The zero-order valence-corrected chi connectivity index (χ0v) is 40.1. The van der Waals surface area contributed by atoms with Crippen LogP contribution in [0.15, 0.2) is 73.1 Å². The number of amides is 4. The number of rotatable bonds is 12. The maximum atomic E-state index is 15.0. The second-order valence-electron chi connectivity index (χ2n) is 20.0. The number of imidazole rings is 2. The Labute approximate surface area is 401 Å². The van der Waals surface area contributed by atoms with E-state index in [9.17, 15) is 28.0 Å². The largest absolute Gasteiger partial charge is 0.453 e. The molecule has 0 unspecified atom stereocenters. The van der Waals surface area contributed by atoms with E-state index in [4.69, 9.17) is 9.47 Å². The summed E-state index contributed by atoms with van der Waals surface area (Å²) in [5, 5.41) is 5.23. The molecule has 1 spiro atoms. The molecule has 6 atom stereocenters. The van der Waals surface area contributed by atoms with Crippen LogP contribution >= 0.6 is 0 Å². The quantitative estimate of drug-likeness (QED) is 0.0957. The van der Waals surface area contributed by atoms with E-state index in [2.05, 4.69) is 91.2 Å². The van der Waals surface area contributed by atoms with E-state index in [0.717, 1.165) is 52.0 Å². The third-order valence-electron chi connectivity index (χ3n) is 14.9. The van der Waals surface area contributed by atoms with Gasteiger partial charge < -0.3 is 39.9 Å². The van der Waals surface area contributed by atoms with Gasteiger partial charge in [0.1, 0.15) is 36.1 Å². The van der Waals surface area contributed by atoms with Crippen molar-refractivity contribution in [2.24, 2.45) is 11.8 Å². The van der Waals surface area contributed by atoms with Gasteiger partial charge in [-0.2, -0.15) is 0 Å². The number of nitrogens with one attached hydrogen (secondary N) is 4. The molecule has 364 valence electrons. The van der Waals surface area contributed by atoms with Gasteiger partial charge in [0, 0.05) is 12.8 Å². The molecule has 16 heteroatoms. The van der Waals surface area contributed by atoms with Crippen molar-refractivity contribution in [3.8, 4) is 44.8 Å². The minimum atomic E-state index is -1.23. The highest BCUT2D eigenvalue weighted by Gasteiger charge is 2.44. The molecule has 5 aromatic rings. The van der Waals surface area contributed by atoms with Crippen molar-refractivity contribution in [2.75, 3.05) is 27.3 Å². The first-order chi connectivity index (χ1) is 33.2. The van der Waals surface area contributed by atoms with Gasteiger partial charge in [-0.3, -0.25) is 9.59 Å². The number of halogens is 2. The van der Waals surface area contributed by atoms with E-state index in [1.54, 1.807) is 12.4 Å². The number of ether oxygens (including phenoxy) is 2. The number of aromatic nitrogens is 4. The molecule has 3 aromatic carbocycles. The third-order valence-corrected chi connectivity index (χ3v) is 14.9. The fourth-order valence-electron chi connectivity index (χ4n) is 11.2. The molecule has 4 amide bonds. The van der Waals surface area contributed by atoms with E-state index in [1.165, 1.54) is 66.4 Å². The fraction of sp³-hybridized carbons (Fsp3) is 0.472. The predicted octanol–water partition coefficient (Wildman–Crippen LogP) is 9.54. The number of fused-ring (bicyclic) bond motifs is 2. The number of alkyl halides is 2. The zero-order valence-electron chi connectivity index (χ0n) is 40.1. The second kappa shape index (κ2) is 19.4. The number of H-pyrrole nitrogens is 2. The Hall–Kier alpha value is -6.58. The minimum absolute atomic E-state index is 0.0905. The number of carbonyl (C=O) groups excluding carboxylic acids is 4. The molecule has 2 aromatic heterocycles. The number of methoxy groups -OCH3 is 2. The van der Waals surface area contributed by atoms with Crippen LogP contribution in [-0.2, 0) is 30.9 Å². The molecule has 2 aliphatic carbocycles. The SMILES string of the molecule is COC(=O)N[C@H](C(=O)N1C[C@@H](F)C[C@H]1c1ncc(-c2ccc(-c3cc(-c4ccc(-c5cnc([C@@H]6C[C@H](F)CN6C(=O)[C@@H](NC(=O)OC)C(C)C)[nH]5)cc4)c4c(c3)C3(CCCC3)CC4)cc2)[nH]1)C(C)C. The summed E-state index contributed by atoms with van der Waals surface area (Å²) in [6.45, 7) is 7.10. The van der Waals surface area contributed by atoms with Crippen molar-refractivity contribution in [2.45, 2.75) is 121 Å². The summed E-state index contributed by atoms with van der Waals surface area (Å²) in [4.78, 5) is 70.5. The molecule has 0 radical (unpaired) electrons. The number of carbonyl (C=O) groups is 4. The van der Waals surface area contributed by atoms with Gasteiger partial charge in [-0.25, -0.2) is 28.3 Å². The van der Waals surface area contributed by atoms with E-state index < -0.39 is 48.7 Å². The summed E-state index contributed by atoms with van der Waals surface area (Å²) in [5.74, 6) is -0.279. The van der Waals surface area contributed by atoms with E-state index in [0.29, 0.717) is 11.6 Å². The van der Waals surface area contributed by atoms with Crippen molar-refractivity contribution in [1.29, 1.82) is 0 Å². The highest BCUT2D eigenvalue weighted by atomic mass is 19.1. The highest BCUT2D eigenvalue weighted by Crippen LogP contribution is 2.53. The topological polar surface area (TPSA) is 175 Å². The Morgan fingerprint density at radius 3 is 1.55 bits per heavy atom. The predicted molar refractivity (Wildman–Crippen MR) is 257 cm³/mol. The van der Waals surface area contributed by atoms with Gasteiger partial charge in [0.25, 0.3) is 0 Å². The lowest BCUT2D eigenvalue weighted by Gasteiger charge is -2.29. The Morgan fingerprint density at radius 2 is 1.10 bits per heavy atom. The first-order valence-electron chi connectivity index (χ1n) is 24.2. The summed E-state index contributed by atoms with van der Waals surface area (Å²) >= 11 is 0.